The zero-order valence-electron chi connectivity index (χ0n) is 18.7. The lowest BCUT2D eigenvalue weighted by Crippen LogP contribution is -2.49. The van der Waals surface area contributed by atoms with Gasteiger partial charge >= 0.3 is 0 Å². The van der Waals surface area contributed by atoms with Crippen LogP contribution < -0.4 is 4.74 Å². The number of sulfonamides is 1. The second-order valence-corrected chi connectivity index (χ2v) is 10.8. The molecule has 2 aromatic carbocycles. The first-order chi connectivity index (χ1) is 14.8. The second kappa shape index (κ2) is 9.28. The maximum atomic E-state index is 13.6. The molecule has 0 aliphatic carbocycles. The normalized spacial score (nSPS) is 24.0. The highest BCUT2D eigenvalue weighted by atomic mass is 32.2. The molecular weight excluding hydrogens is 410 g/mol. The summed E-state index contributed by atoms with van der Waals surface area (Å²) in [5.74, 6) is 0.483. The summed E-state index contributed by atoms with van der Waals surface area (Å²) in [7, 11) is 0.330. The number of aryl methyl sites for hydroxylation is 1. The molecule has 0 unspecified atom stereocenters. The van der Waals surface area contributed by atoms with Crippen molar-refractivity contribution in [1.29, 1.82) is 0 Å². The average Bonchev–Trinajstić information content (AvgIpc) is 2.95. The highest BCUT2D eigenvalue weighted by molar-refractivity contribution is 7.89. The van der Waals surface area contributed by atoms with Crippen molar-refractivity contribution >= 4 is 10.0 Å². The van der Waals surface area contributed by atoms with Crippen LogP contribution in [-0.2, 0) is 16.6 Å². The summed E-state index contributed by atoms with van der Waals surface area (Å²) >= 11 is 0. The van der Waals surface area contributed by atoms with Crippen LogP contribution in [0.1, 0.15) is 24.0 Å². The standard InChI is InChI=1S/C24H33N3O3S/c1-19-7-6-8-20(17-19)18-26-13-11-21-22(12-14-26)30-23-9-4-5-10-24(23)31(28,29)27(21)16-15-25(2)3/h4-10,17,21-22H,11-16,18H2,1-3H3/t21-,22-/m1/s1. The zero-order chi connectivity index (χ0) is 22.0. The Labute approximate surface area is 186 Å². The molecule has 1 saturated heterocycles. The minimum atomic E-state index is -3.62. The lowest BCUT2D eigenvalue weighted by Gasteiger charge is -2.32. The molecule has 0 bridgehead atoms. The van der Waals surface area contributed by atoms with Crippen LogP contribution in [0.25, 0.3) is 0 Å². The van der Waals surface area contributed by atoms with Crippen LogP contribution in [0, 0.1) is 6.92 Å². The van der Waals surface area contributed by atoms with Gasteiger partial charge in [-0.1, -0.05) is 42.0 Å². The monoisotopic (exact) mass is 443 g/mol. The van der Waals surface area contributed by atoms with Gasteiger partial charge in [-0.15, -0.1) is 0 Å². The molecule has 2 aromatic rings. The number of hydrogen-bond donors (Lipinski definition) is 0. The van der Waals surface area contributed by atoms with E-state index < -0.39 is 10.0 Å². The number of hydrogen-bond acceptors (Lipinski definition) is 5. The van der Waals surface area contributed by atoms with E-state index in [-0.39, 0.29) is 12.1 Å². The van der Waals surface area contributed by atoms with Gasteiger partial charge in [-0.2, -0.15) is 4.31 Å². The number of likely N-dealkylation sites (tertiary alicyclic amines) is 1. The molecule has 2 aliphatic rings. The summed E-state index contributed by atoms with van der Waals surface area (Å²) in [6.45, 7) is 5.87. The summed E-state index contributed by atoms with van der Waals surface area (Å²) in [5, 5.41) is 0. The predicted octanol–water partition coefficient (Wildman–Crippen LogP) is 2.97. The first-order valence-corrected chi connectivity index (χ1v) is 12.5. The minimum Gasteiger partial charge on any atom is -0.487 e. The molecule has 2 heterocycles. The summed E-state index contributed by atoms with van der Waals surface area (Å²) < 4.78 is 35.3. The molecule has 31 heavy (non-hydrogen) atoms. The van der Waals surface area contributed by atoms with E-state index in [4.69, 9.17) is 4.74 Å². The van der Waals surface area contributed by atoms with Crippen LogP contribution in [0.4, 0.5) is 0 Å². The van der Waals surface area contributed by atoms with Crippen molar-refractivity contribution in [3.63, 3.8) is 0 Å². The van der Waals surface area contributed by atoms with Crippen molar-refractivity contribution in [2.24, 2.45) is 0 Å². The topological polar surface area (TPSA) is 53.1 Å². The number of fused-ring (bicyclic) bond motifs is 2. The average molecular weight is 444 g/mol. The van der Waals surface area contributed by atoms with Gasteiger partial charge in [-0.3, -0.25) is 4.90 Å². The highest BCUT2D eigenvalue weighted by Gasteiger charge is 2.43. The van der Waals surface area contributed by atoms with Gasteiger partial charge in [0.1, 0.15) is 16.7 Å². The van der Waals surface area contributed by atoms with Crippen LogP contribution in [0.2, 0.25) is 0 Å². The zero-order valence-corrected chi connectivity index (χ0v) is 19.5. The molecule has 2 atom stereocenters. The van der Waals surface area contributed by atoms with E-state index in [9.17, 15) is 8.42 Å². The molecule has 7 heteroatoms. The number of rotatable bonds is 5. The number of para-hydroxylation sites is 1. The van der Waals surface area contributed by atoms with Gasteiger partial charge in [0.25, 0.3) is 0 Å². The third-order valence-corrected chi connectivity index (χ3v) is 8.20. The molecule has 0 amide bonds. The van der Waals surface area contributed by atoms with Gasteiger partial charge < -0.3 is 9.64 Å². The van der Waals surface area contributed by atoms with E-state index in [1.807, 2.05) is 25.1 Å². The molecule has 4 rings (SSSR count). The fraction of sp³-hybridized carbons (Fsp3) is 0.500. The molecule has 0 aromatic heterocycles. The highest BCUT2D eigenvalue weighted by Crippen LogP contribution is 2.36. The van der Waals surface area contributed by atoms with Crippen LogP contribution >= 0.6 is 0 Å². The molecule has 0 N–H and O–H groups in total. The van der Waals surface area contributed by atoms with Crippen molar-refractivity contribution < 1.29 is 13.2 Å². The van der Waals surface area contributed by atoms with Crippen molar-refractivity contribution in [3.8, 4) is 5.75 Å². The Morgan fingerprint density at radius 1 is 1.06 bits per heavy atom. The maximum Gasteiger partial charge on any atom is 0.247 e. The fourth-order valence-corrected chi connectivity index (χ4v) is 6.41. The maximum absolute atomic E-state index is 13.6. The Morgan fingerprint density at radius 3 is 2.61 bits per heavy atom. The summed E-state index contributed by atoms with van der Waals surface area (Å²) in [6, 6.07) is 15.5. The Kier molecular flexibility index (Phi) is 6.67. The van der Waals surface area contributed by atoms with E-state index in [0.29, 0.717) is 23.7 Å². The van der Waals surface area contributed by atoms with Gasteiger partial charge in [0.05, 0.1) is 6.04 Å². The van der Waals surface area contributed by atoms with E-state index in [2.05, 4.69) is 36.1 Å². The Hall–Kier alpha value is -1.93. The lowest BCUT2D eigenvalue weighted by molar-refractivity contribution is 0.110. The molecule has 0 saturated carbocycles. The molecule has 2 aliphatic heterocycles. The van der Waals surface area contributed by atoms with Gasteiger partial charge in [-0.25, -0.2) is 8.42 Å². The minimum absolute atomic E-state index is 0.150. The number of ether oxygens (including phenoxy) is 1. The Balaban J connectivity index is 1.61. The summed E-state index contributed by atoms with van der Waals surface area (Å²) in [4.78, 5) is 4.75. The Morgan fingerprint density at radius 2 is 1.84 bits per heavy atom. The molecule has 0 radical (unpaired) electrons. The molecule has 0 spiro atoms. The molecule has 1 fully saturated rings. The smallest absolute Gasteiger partial charge is 0.247 e. The third-order valence-electron chi connectivity index (χ3n) is 6.24. The van der Waals surface area contributed by atoms with Gasteiger partial charge in [0, 0.05) is 32.7 Å². The van der Waals surface area contributed by atoms with Gasteiger partial charge in [-0.05, 0) is 51.6 Å². The predicted molar refractivity (Wildman–Crippen MR) is 123 cm³/mol. The van der Waals surface area contributed by atoms with Crippen LogP contribution in [0.15, 0.2) is 53.4 Å². The van der Waals surface area contributed by atoms with E-state index in [1.54, 1.807) is 22.5 Å². The van der Waals surface area contributed by atoms with E-state index in [0.717, 1.165) is 32.5 Å². The quantitative estimate of drug-likeness (QED) is 0.711. The number of likely N-dealkylation sites (N-methyl/N-ethyl adjacent to an activating group) is 1. The van der Waals surface area contributed by atoms with Gasteiger partial charge in [0.2, 0.25) is 10.0 Å². The van der Waals surface area contributed by atoms with Crippen molar-refractivity contribution in [1.82, 2.24) is 14.1 Å². The first-order valence-electron chi connectivity index (χ1n) is 11.0. The van der Waals surface area contributed by atoms with E-state index >= 15 is 0 Å². The summed E-state index contributed by atoms with van der Waals surface area (Å²) in [5.41, 5.74) is 2.56. The van der Waals surface area contributed by atoms with E-state index in [1.165, 1.54) is 11.1 Å². The van der Waals surface area contributed by atoms with Crippen LogP contribution in [0.3, 0.4) is 0 Å². The summed E-state index contributed by atoms with van der Waals surface area (Å²) in [6.07, 6.45) is 1.42. The van der Waals surface area contributed by atoms with Crippen molar-refractivity contribution in [2.45, 2.75) is 43.4 Å². The molecular formula is C24H33N3O3S. The first kappa shape index (κ1) is 22.3. The second-order valence-electron chi connectivity index (χ2n) is 8.93. The fourth-order valence-electron chi connectivity index (χ4n) is 4.62. The largest absolute Gasteiger partial charge is 0.487 e. The van der Waals surface area contributed by atoms with Crippen LogP contribution in [0.5, 0.6) is 5.75 Å². The third kappa shape index (κ3) is 4.95. The SMILES string of the molecule is Cc1cccc(CN2CC[C@@H]3[C@@H](CC2)Oc2ccccc2S(=O)(=O)N3CCN(C)C)c1. The number of nitrogens with zero attached hydrogens (tertiary/aromatic N) is 3. The Bertz CT molecular complexity index is 1010. The molecule has 6 nitrogen and oxygen atoms in total. The number of benzene rings is 2. The molecule has 168 valence electrons. The van der Waals surface area contributed by atoms with Gasteiger partial charge in [0.15, 0.2) is 0 Å². The lowest BCUT2D eigenvalue weighted by atomic mass is 10.1. The van der Waals surface area contributed by atoms with Crippen molar-refractivity contribution in [2.75, 3.05) is 40.3 Å². The van der Waals surface area contributed by atoms with Crippen molar-refractivity contribution in [3.05, 3.63) is 59.7 Å². The van der Waals surface area contributed by atoms with Crippen LogP contribution in [-0.4, -0.2) is 74.9 Å².